The van der Waals surface area contributed by atoms with Crippen LogP contribution in [0.15, 0.2) is 36.4 Å². The molecule has 4 heteroatoms. The van der Waals surface area contributed by atoms with Gasteiger partial charge in [-0.1, -0.05) is 12.1 Å². The van der Waals surface area contributed by atoms with Crippen molar-refractivity contribution in [1.82, 2.24) is 9.97 Å². The van der Waals surface area contributed by atoms with Gasteiger partial charge >= 0.3 is 0 Å². The van der Waals surface area contributed by atoms with E-state index in [1.54, 1.807) is 36.1 Å². The van der Waals surface area contributed by atoms with Crippen LogP contribution in [0.25, 0.3) is 21.8 Å². The van der Waals surface area contributed by atoms with E-state index in [4.69, 9.17) is 0 Å². The van der Waals surface area contributed by atoms with Crippen molar-refractivity contribution in [2.24, 2.45) is 0 Å². The van der Waals surface area contributed by atoms with Crippen molar-refractivity contribution in [3.63, 3.8) is 0 Å². The average molecular weight is 234 g/mol. The van der Waals surface area contributed by atoms with Gasteiger partial charge < -0.3 is 0 Å². The largest absolute Gasteiger partial charge is 0.234 e. The highest BCUT2D eigenvalue weighted by Gasteiger charge is 2.03. The number of pyridine rings is 2. The van der Waals surface area contributed by atoms with Gasteiger partial charge in [-0.2, -0.15) is 0 Å². The quantitative estimate of drug-likeness (QED) is 0.505. The third-order valence-electron chi connectivity index (χ3n) is 2.73. The van der Waals surface area contributed by atoms with Crippen LogP contribution in [-0.2, 0) is 9.59 Å². The van der Waals surface area contributed by atoms with Crippen LogP contribution in [0.2, 0.25) is 0 Å². The number of rotatable bonds is 0. The zero-order valence-corrected chi connectivity index (χ0v) is 9.18. The molecule has 84 valence electrons. The third kappa shape index (κ3) is 1.50. The average Bonchev–Trinajstić information content (AvgIpc) is 2.45. The fraction of sp³-hybridized carbons (Fsp3) is 0. The Bertz CT molecular complexity index is 858. The molecule has 0 fully saturated rings. The van der Waals surface area contributed by atoms with Gasteiger partial charge in [0.1, 0.15) is 10.7 Å². The standard InChI is InChI=1S/C14H6N2O2/c17-7-11-5-3-9-1-2-10-4-6-12(8-18)16-14(10)13(9)15-11/h1-6H. The number of aromatic nitrogens is 2. The minimum atomic E-state index is 0.220. The highest BCUT2D eigenvalue weighted by Crippen LogP contribution is 2.18. The maximum absolute atomic E-state index is 10.6. The van der Waals surface area contributed by atoms with Gasteiger partial charge in [-0.25, -0.2) is 19.6 Å². The highest BCUT2D eigenvalue weighted by atomic mass is 16.1. The molecule has 0 N–H and O–H groups in total. The number of fused-ring (bicyclic) bond motifs is 3. The van der Waals surface area contributed by atoms with Crippen LogP contribution in [-0.4, -0.2) is 21.9 Å². The van der Waals surface area contributed by atoms with Crippen molar-refractivity contribution in [1.29, 1.82) is 0 Å². The SMILES string of the molecule is O=C=c1ccc2ccc3ccc(=C=O)nc3c2n1. The summed E-state index contributed by atoms with van der Waals surface area (Å²) in [6.07, 6.45) is 0. The highest BCUT2D eigenvalue weighted by molar-refractivity contribution is 6.02. The first-order chi connectivity index (χ1) is 8.81. The Balaban J connectivity index is 2.65. The number of hydrogen-bond acceptors (Lipinski definition) is 4. The maximum Gasteiger partial charge on any atom is 0.152 e. The molecule has 0 aliphatic heterocycles. The molecule has 0 aliphatic carbocycles. The van der Waals surface area contributed by atoms with Crippen LogP contribution in [0.3, 0.4) is 0 Å². The van der Waals surface area contributed by atoms with Gasteiger partial charge in [-0.15, -0.1) is 0 Å². The molecular weight excluding hydrogens is 228 g/mol. The molecule has 0 amide bonds. The van der Waals surface area contributed by atoms with Crippen LogP contribution in [0, 0.1) is 0 Å². The summed E-state index contributed by atoms with van der Waals surface area (Å²) in [6.45, 7) is 0. The molecule has 3 rings (SSSR count). The van der Waals surface area contributed by atoms with Gasteiger partial charge in [0.25, 0.3) is 0 Å². The molecule has 2 heterocycles. The zero-order chi connectivity index (χ0) is 12.5. The number of carbonyl (C=O) groups excluding carboxylic acids is 2. The fourth-order valence-corrected chi connectivity index (χ4v) is 1.88. The molecule has 0 bridgehead atoms. The Labute approximate surface area is 101 Å². The van der Waals surface area contributed by atoms with Crippen LogP contribution < -0.4 is 10.7 Å². The summed E-state index contributed by atoms with van der Waals surface area (Å²) >= 11 is 0. The lowest BCUT2D eigenvalue weighted by Crippen LogP contribution is -2.10. The molecule has 0 spiro atoms. The van der Waals surface area contributed by atoms with Crippen LogP contribution in [0.5, 0.6) is 0 Å². The Hall–Kier alpha value is -2.80. The number of benzene rings is 1. The van der Waals surface area contributed by atoms with Crippen molar-refractivity contribution in [3.05, 3.63) is 47.1 Å². The minimum absolute atomic E-state index is 0.220. The van der Waals surface area contributed by atoms with E-state index in [9.17, 15) is 9.59 Å². The van der Waals surface area contributed by atoms with Crippen LogP contribution in [0.4, 0.5) is 0 Å². The molecule has 1 aromatic carbocycles. The van der Waals surface area contributed by atoms with E-state index in [2.05, 4.69) is 9.97 Å². The maximum atomic E-state index is 10.6. The van der Waals surface area contributed by atoms with Crippen molar-refractivity contribution >= 4 is 33.7 Å². The fourth-order valence-electron chi connectivity index (χ4n) is 1.88. The van der Waals surface area contributed by atoms with E-state index >= 15 is 0 Å². The van der Waals surface area contributed by atoms with E-state index in [-0.39, 0.29) is 10.7 Å². The molecule has 0 radical (unpaired) electrons. The molecule has 0 saturated heterocycles. The summed E-state index contributed by atoms with van der Waals surface area (Å²) in [5.41, 5.74) is 1.18. The lowest BCUT2D eigenvalue weighted by Gasteiger charge is -2.00. The van der Waals surface area contributed by atoms with Crippen LogP contribution in [0.1, 0.15) is 0 Å². The lowest BCUT2D eigenvalue weighted by molar-refractivity contribution is 0.566. The van der Waals surface area contributed by atoms with Gasteiger partial charge in [0.2, 0.25) is 0 Å². The molecule has 0 aliphatic rings. The molecule has 0 unspecified atom stereocenters. The second kappa shape index (κ2) is 3.90. The Morgan fingerprint density at radius 3 is 1.44 bits per heavy atom. The first-order valence-electron chi connectivity index (χ1n) is 5.28. The first kappa shape index (κ1) is 10.4. The van der Waals surface area contributed by atoms with E-state index in [0.717, 1.165) is 10.8 Å². The Kier molecular flexibility index (Phi) is 2.24. The summed E-state index contributed by atoms with van der Waals surface area (Å²) in [5, 5.41) is 2.16. The molecule has 0 saturated carbocycles. The predicted molar refractivity (Wildman–Crippen MR) is 65.9 cm³/mol. The Morgan fingerprint density at radius 2 is 1.06 bits per heavy atom. The topological polar surface area (TPSA) is 59.9 Å². The normalized spacial score (nSPS) is 10.2. The van der Waals surface area contributed by atoms with Gasteiger partial charge in [0, 0.05) is 10.8 Å². The Morgan fingerprint density at radius 1 is 0.667 bits per heavy atom. The first-order valence-corrected chi connectivity index (χ1v) is 5.28. The third-order valence-corrected chi connectivity index (χ3v) is 2.73. The molecule has 3 aromatic rings. The molecule has 0 atom stereocenters. The second-order valence-electron chi connectivity index (χ2n) is 3.81. The minimum Gasteiger partial charge on any atom is -0.234 e. The summed E-state index contributed by atoms with van der Waals surface area (Å²) in [5.74, 6) is 3.49. The van der Waals surface area contributed by atoms with Gasteiger partial charge in [0.05, 0.1) is 11.0 Å². The molecule has 4 nitrogen and oxygen atoms in total. The lowest BCUT2D eigenvalue weighted by atomic mass is 10.1. The summed E-state index contributed by atoms with van der Waals surface area (Å²) < 4.78 is 0. The second-order valence-corrected chi connectivity index (χ2v) is 3.81. The van der Waals surface area contributed by atoms with Crippen molar-refractivity contribution in [3.8, 4) is 0 Å². The van der Waals surface area contributed by atoms with Crippen molar-refractivity contribution in [2.75, 3.05) is 0 Å². The van der Waals surface area contributed by atoms with Gasteiger partial charge in [-0.3, -0.25) is 0 Å². The number of nitrogens with zero attached hydrogens (tertiary/aromatic N) is 2. The summed E-state index contributed by atoms with van der Waals surface area (Å²) in [4.78, 5) is 29.6. The molecule has 18 heavy (non-hydrogen) atoms. The van der Waals surface area contributed by atoms with Crippen molar-refractivity contribution in [2.45, 2.75) is 0 Å². The van der Waals surface area contributed by atoms with Crippen LogP contribution >= 0.6 is 0 Å². The van der Waals surface area contributed by atoms with E-state index < -0.39 is 0 Å². The molecular formula is C14H6N2O2. The predicted octanol–water partition coefficient (Wildman–Crippen LogP) is -0.211. The van der Waals surface area contributed by atoms with E-state index in [0.29, 0.717) is 11.0 Å². The monoisotopic (exact) mass is 234 g/mol. The van der Waals surface area contributed by atoms with Gasteiger partial charge in [-0.05, 0) is 24.3 Å². The number of hydrogen-bond donors (Lipinski definition) is 0. The van der Waals surface area contributed by atoms with E-state index in [1.807, 2.05) is 12.1 Å². The van der Waals surface area contributed by atoms with E-state index in [1.165, 1.54) is 0 Å². The summed E-state index contributed by atoms with van der Waals surface area (Å²) in [7, 11) is 0. The van der Waals surface area contributed by atoms with Gasteiger partial charge in [0.15, 0.2) is 11.9 Å². The summed E-state index contributed by atoms with van der Waals surface area (Å²) in [6, 6.07) is 10.5. The smallest absolute Gasteiger partial charge is 0.152 e. The molecule has 2 aromatic heterocycles. The zero-order valence-electron chi connectivity index (χ0n) is 9.18. The van der Waals surface area contributed by atoms with Crippen molar-refractivity contribution < 1.29 is 9.59 Å².